The Kier molecular flexibility index (Phi) is 2.80. The van der Waals surface area contributed by atoms with Crippen LogP contribution < -0.4 is 5.32 Å². The third kappa shape index (κ3) is 2.16. The molecule has 2 aliphatic heterocycles. The molecule has 0 unspecified atom stereocenters. The van der Waals surface area contributed by atoms with Crippen molar-refractivity contribution in [2.24, 2.45) is 10.9 Å². The van der Waals surface area contributed by atoms with Crippen molar-refractivity contribution in [2.45, 2.75) is 43.8 Å². The van der Waals surface area contributed by atoms with Crippen LogP contribution >= 0.6 is 0 Å². The van der Waals surface area contributed by atoms with E-state index in [1.807, 2.05) is 0 Å². The van der Waals surface area contributed by atoms with Gasteiger partial charge >= 0.3 is 0 Å². The summed E-state index contributed by atoms with van der Waals surface area (Å²) in [5.41, 5.74) is 1.35. The van der Waals surface area contributed by atoms with Crippen LogP contribution in [-0.4, -0.2) is 30.6 Å². The van der Waals surface area contributed by atoms with Crippen LogP contribution in [0, 0.1) is 5.92 Å². The van der Waals surface area contributed by atoms with Gasteiger partial charge in [0.2, 0.25) is 5.90 Å². The average Bonchev–Trinajstić information content (AvgIpc) is 3.15. The van der Waals surface area contributed by atoms with Crippen LogP contribution in [0.3, 0.4) is 0 Å². The van der Waals surface area contributed by atoms with E-state index in [4.69, 9.17) is 9.73 Å². The number of rotatable bonds is 3. The van der Waals surface area contributed by atoms with Crippen LogP contribution in [0.1, 0.15) is 24.8 Å². The van der Waals surface area contributed by atoms with Gasteiger partial charge in [-0.15, -0.1) is 0 Å². The molecule has 1 saturated heterocycles. The van der Waals surface area contributed by atoms with Crippen molar-refractivity contribution in [2.75, 3.05) is 6.61 Å². The van der Waals surface area contributed by atoms with Crippen LogP contribution in [0.15, 0.2) is 35.3 Å². The van der Waals surface area contributed by atoms with Gasteiger partial charge in [0, 0.05) is 6.04 Å². The van der Waals surface area contributed by atoms with E-state index in [1.165, 1.54) is 24.8 Å². The lowest BCUT2D eigenvalue weighted by Gasteiger charge is -2.22. The van der Waals surface area contributed by atoms with Crippen LogP contribution in [0.4, 0.5) is 0 Å². The highest BCUT2D eigenvalue weighted by atomic mass is 16.5. The van der Waals surface area contributed by atoms with E-state index in [1.54, 1.807) is 0 Å². The van der Waals surface area contributed by atoms with Crippen molar-refractivity contribution >= 4 is 5.90 Å². The molecule has 0 spiro atoms. The number of hydrogen-bond donors (Lipinski definition) is 1. The lowest BCUT2D eigenvalue weighted by atomic mass is 10.00. The smallest absolute Gasteiger partial charge is 0.201 e. The Balaban J connectivity index is 1.44. The summed E-state index contributed by atoms with van der Waals surface area (Å²) in [6, 6.07) is 12.0. The zero-order valence-electron chi connectivity index (χ0n) is 11.1. The molecule has 100 valence electrons. The molecule has 1 aliphatic carbocycles. The molecule has 0 amide bonds. The van der Waals surface area contributed by atoms with Gasteiger partial charge in [-0.1, -0.05) is 30.3 Å². The van der Waals surface area contributed by atoms with Crippen molar-refractivity contribution in [1.82, 2.24) is 5.32 Å². The Morgan fingerprint density at radius 1 is 1.21 bits per heavy atom. The molecule has 2 bridgehead atoms. The Morgan fingerprint density at radius 3 is 2.84 bits per heavy atom. The zero-order valence-corrected chi connectivity index (χ0v) is 11.1. The predicted molar refractivity (Wildman–Crippen MR) is 75.4 cm³/mol. The summed E-state index contributed by atoms with van der Waals surface area (Å²) in [7, 11) is 0. The highest BCUT2D eigenvalue weighted by Gasteiger charge is 2.43. The van der Waals surface area contributed by atoms with Gasteiger partial charge in [-0.3, -0.25) is 0 Å². The number of benzene rings is 1. The van der Waals surface area contributed by atoms with E-state index >= 15 is 0 Å². The summed E-state index contributed by atoms with van der Waals surface area (Å²) in [4.78, 5) is 4.82. The predicted octanol–water partition coefficient (Wildman–Crippen LogP) is 2.17. The number of fused-ring (bicyclic) bond motifs is 2. The van der Waals surface area contributed by atoms with Gasteiger partial charge in [0.05, 0.1) is 12.1 Å². The standard InChI is InChI=1S/C16H20N2O/c1-2-4-11(5-3-1)8-14-10-19-16(18-14)15-12-6-7-13(9-12)17-15/h1-5,12-15,17H,6-10H2/t12-,13+,14+,15-/m1/s1. The summed E-state index contributed by atoms with van der Waals surface area (Å²) in [6.07, 6.45) is 4.98. The quantitative estimate of drug-likeness (QED) is 0.899. The van der Waals surface area contributed by atoms with E-state index < -0.39 is 0 Å². The fraction of sp³-hybridized carbons (Fsp3) is 0.562. The van der Waals surface area contributed by atoms with Crippen molar-refractivity contribution < 1.29 is 4.74 Å². The first kappa shape index (κ1) is 11.5. The normalized spacial score (nSPS) is 36.3. The first-order valence-corrected chi connectivity index (χ1v) is 7.39. The van der Waals surface area contributed by atoms with Crippen LogP contribution in [-0.2, 0) is 11.2 Å². The number of aliphatic imine (C=N–C) groups is 1. The molecule has 1 aromatic carbocycles. The van der Waals surface area contributed by atoms with Gasteiger partial charge < -0.3 is 10.1 Å². The molecule has 1 saturated carbocycles. The van der Waals surface area contributed by atoms with Crippen LogP contribution in [0.2, 0.25) is 0 Å². The average molecular weight is 256 g/mol. The molecule has 1 N–H and O–H groups in total. The molecular weight excluding hydrogens is 236 g/mol. The molecule has 3 aliphatic rings. The SMILES string of the molecule is c1ccc(C[C@H]2COC([C@@H]3N[C@H]4CC[C@@H]3C4)=N2)cc1. The maximum Gasteiger partial charge on any atom is 0.201 e. The van der Waals surface area contributed by atoms with E-state index in [0.29, 0.717) is 12.1 Å². The molecule has 1 aromatic rings. The van der Waals surface area contributed by atoms with E-state index in [0.717, 1.165) is 30.9 Å². The second-order valence-electron chi connectivity index (χ2n) is 6.04. The highest BCUT2D eigenvalue weighted by molar-refractivity contribution is 5.84. The molecule has 0 aromatic heterocycles. The monoisotopic (exact) mass is 256 g/mol. The van der Waals surface area contributed by atoms with Gasteiger partial charge in [0.25, 0.3) is 0 Å². The molecule has 3 heteroatoms. The second-order valence-corrected chi connectivity index (χ2v) is 6.04. The molecule has 19 heavy (non-hydrogen) atoms. The van der Waals surface area contributed by atoms with Crippen molar-refractivity contribution in [3.8, 4) is 0 Å². The third-order valence-electron chi connectivity index (χ3n) is 4.67. The summed E-state index contributed by atoms with van der Waals surface area (Å²) in [6.45, 7) is 0.750. The molecular formula is C16H20N2O. The van der Waals surface area contributed by atoms with Gasteiger partial charge in [0.15, 0.2) is 0 Å². The largest absolute Gasteiger partial charge is 0.478 e. The maximum atomic E-state index is 5.86. The van der Waals surface area contributed by atoms with Gasteiger partial charge in [0.1, 0.15) is 6.61 Å². The van der Waals surface area contributed by atoms with Crippen molar-refractivity contribution in [3.05, 3.63) is 35.9 Å². The van der Waals surface area contributed by atoms with Gasteiger partial charge in [-0.25, -0.2) is 4.99 Å². The Labute approximate surface area is 114 Å². The minimum atomic E-state index is 0.304. The van der Waals surface area contributed by atoms with Crippen molar-refractivity contribution in [1.29, 1.82) is 0 Å². The number of ether oxygens (including phenoxy) is 1. The van der Waals surface area contributed by atoms with Gasteiger partial charge in [-0.05, 0) is 37.2 Å². The van der Waals surface area contributed by atoms with Crippen molar-refractivity contribution in [3.63, 3.8) is 0 Å². The number of nitrogens with one attached hydrogen (secondary N) is 1. The lowest BCUT2D eigenvalue weighted by molar-refractivity contribution is 0.287. The Bertz CT molecular complexity index is 485. The fourth-order valence-corrected chi connectivity index (χ4v) is 3.73. The third-order valence-corrected chi connectivity index (χ3v) is 4.67. The van der Waals surface area contributed by atoms with Gasteiger partial charge in [-0.2, -0.15) is 0 Å². The minimum absolute atomic E-state index is 0.304. The first-order chi connectivity index (χ1) is 9.38. The zero-order chi connectivity index (χ0) is 12.7. The summed E-state index contributed by atoms with van der Waals surface area (Å²) in [5.74, 6) is 1.74. The fourth-order valence-electron chi connectivity index (χ4n) is 3.73. The first-order valence-electron chi connectivity index (χ1n) is 7.39. The molecule has 0 radical (unpaired) electrons. The molecule has 4 atom stereocenters. The van der Waals surface area contributed by atoms with E-state index in [2.05, 4.69) is 35.6 Å². The maximum absolute atomic E-state index is 5.86. The minimum Gasteiger partial charge on any atom is -0.478 e. The molecule has 2 heterocycles. The number of nitrogens with zero attached hydrogens (tertiary/aromatic N) is 1. The summed E-state index contributed by atoms with van der Waals surface area (Å²) in [5, 5.41) is 3.66. The Hall–Kier alpha value is -1.35. The second kappa shape index (κ2) is 4.64. The molecule has 2 fully saturated rings. The highest BCUT2D eigenvalue weighted by Crippen LogP contribution is 2.36. The van der Waals surface area contributed by atoms with E-state index in [-0.39, 0.29) is 0 Å². The lowest BCUT2D eigenvalue weighted by Crippen LogP contribution is -2.41. The topological polar surface area (TPSA) is 33.6 Å². The molecule has 3 nitrogen and oxygen atoms in total. The Morgan fingerprint density at radius 2 is 2.11 bits per heavy atom. The van der Waals surface area contributed by atoms with E-state index in [9.17, 15) is 0 Å². The summed E-state index contributed by atoms with van der Waals surface area (Å²) < 4.78 is 5.86. The number of piperidine rings is 1. The van der Waals surface area contributed by atoms with Crippen LogP contribution in [0.25, 0.3) is 0 Å². The molecule has 4 rings (SSSR count). The summed E-state index contributed by atoms with van der Waals surface area (Å²) >= 11 is 0. The van der Waals surface area contributed by atoms with Crippen LogP contribution in [0.5, 0.6) is 0 Å². The number of hydrogen-bond acceptors (Lipinski definition) is 3.